The molecule has 0 aliphatic carbocycles. The minimum absolute atomic E-state index is 0.475. The number of hydrogen-bond acceptors (Lipinski definition) is 6. The van der Waals surface area contributed by atoms with E-state index in [1.807, 2.05) is 25.1 Å². The molecule has 0 saturated carbocycles. The summed E-state index contributed by atoms with van der Waals surface area (Å²) in [6.07, 6.45) is 0. The maximum absolute atomic E-state index is 5.99. The zero-order chi connectivity index (χ0) is 12.3. The fourth-order valence-corrected chi connectivity index (χ4v) is 2.10. The molecular weight excluding hydrogens is 238 g/mol. The maximum atomic E-state index is 5.99. The van der Waals surface area contributed by atoms with E-state index in [1.165, 1.54) is 11.8 Å². The van der Waals surface area contributed by atoms with Gasteiger partial charge in [0.1, 0.15) is 5.75 Å². The van der Waals surface area contributed by atoms with E-state index in [4.69, 9.17) is 14.9 Å². The predicted octanol–water partition coefficient (Wildman–Crippen LogP) is 2.51. The molecular formula is C11H13N3O2S. The van der Waals surface area contributed by atoms with Crippen LogP contribution in [0, 0.1) is 6.92 Å². The van der Waals surface area contributed by atoms with Crippen molar-refractivity contribution in [3.8, 4) is 5.75 Å². The van der Waals surface area contributed by atoms with Crippen molar-refractivity contribution < 1.29 is 9.15 Å². The number of nitrogens with two attached hydrogens (primary N) is 1. The summed E-state index contributed by atoms with van der Waals surface area (Å²) in [6, 6.07) is 5.61. The van der Waals surface area contributed by atoms with Crippen LogP contribution in [-0.2, 0) is 0 Å². The summed E-state index contributed by atoms with van der Waals surface area (Å²) in [5.41, 5.74) is 6.58. The molecule has 0 aliphatic heterocycles. The van der Waals surface area contributed by atoms with Crippen LogP contribution in [0.3, 0.4) is 0 Å². The highest BCUT2D eigenvalue weighted by Crippen LogP contribution is 2.36. The molecule has 90 valence electrons. The molecule has 1 heterocycles. The Morgan fingerprint density at radius 1 is 1.41 bits per heavy atom. The molecule has 0 radical (unpaired) electrons. The van der Waals surface area contributed by atoms with E-state index in [0.29, 0.717) is 29.2 Å². The molecule has 17 heavy (non-hydrogen) atoms. The summed E-state index contributed by atoms with van der Waals surface area (Å²) in [5, 5.41) is 8.14. The molecule has 0 fully saturated rings. The molecule has 0 saturated heterocycles. The summed E-state index contributed by atoms with van der Waals surface area (Å²) in [7, 11) is 0. The Labute approximate surface area is 103 Å². The lowest BCUT2D eigenvalue weighted by molar-refractivity contribution is 0.341. The number of aryl methyl sites for hydroxylation is 1. The van der Waals surface area contributed by atoms with Crippen molar-refractivity contribution in [1.82, 2.24) is 10.2 Å². The van der Waals surface area contributed by atoms with Gasteiger partial charge in [-0.3, -0.25) is 0 Å². The standard InChI is InChI=1S/C11H13N3O2S/c1-3-15-8-5-4-6-9(10(8)12)17-11-14-13-7(2)16-11/h4-6H,3,12H2,1-2H3. The van der Waals surface area contributed by atoms with Crippen molar-refractivity contribution in [2.24, 2.45) is 0 Å². The van der Waals surface area contributed by atoms with Crippen LogP contribution in [0.2, 0.25) is 0 Å². The fraction of sp³-hybridized carbons (Fsp3) is 0.273. The minimum Gasteiger partial charge on any atom is -0.492 e. The van der Waals surface area contributed by atoms with Crippen LogP contribution in [0.25, 0.3) is 0 Å². The molecule has 2 rings (SSSR count). The first-order valence-corrected chi connectivity index (χ1v) is 6.01. The molecule has 0 amide bonds. The van der Waals surface area contributed by atoms with Crippen molar-refractivity contribution in [3.05, 3.63) is 24.1 Å². The average Bonchev–Trinajstić information content (AvgIpc) is 2.70. The third kappa shape index (κ3) is 2.71. The monoisotopic (exact) mass is 251 g/mol. The van der Waals surface area contributed by atoms with Gasteiger partial charge >= 0.3 is 0 Å². The van der Waals surface area contributed by atoms with Gasteiger partial charge < -0.3 is 14.9 Å². The number of rotatable bonds is 4. The van der Waals surface area contributed by atoms with Gasteiger partial charge in [-0.2, -0.15) is 0 Å². The van der Waals surface area contributed by atoms with Gasteiger partial charge in [-0.1, -0.05) is 6.07 Å². The maximum Gasteiger partial charge on any atom is 0.281 e. The molecule has 0 spiro atoms. The Kier molecular flexibility index (Phi) is 3.53. The first kappa shape index (κ1) is 11.8. The Morgan fingerprint density at radius 2 is 2.24 bits per heavy atom. The topological polar surface area (TPSA) is 74.2 Å². The lowest BCUT2D eigenvalue weighted by Crippen LogP contribution is -1.97. The molecule has 1 aromatic heterocycles. The summed E-state index contributed by atoms with van der Waals surface area (Å²) >= 11 is 1.33. The minimum atomic E-state index is 0.475. The summed E-state index contributed by atoms with van der Waals surface area (Å²) in [6.45, 7) is 4.25. The normalized spacial score (nSPS) is 10.5. The third-order valence-corrected chi connectivity index (χ3v) is 2.95. The molecule has 2 N–H and O–H groups in total. The van der Waals surface area contributed by atoms with E-state index in [-0.39, 0.29) is 0 Å². The van der Waals surface area contributed by atoms with Crippen LogP contribution in [0.5, 0.6) is 5.75 Å². The first-order chi connectivity index (χ1) is 8.20. The Hall–Kier alpha value is -1.69. The van der Waals surface area contributed by atoms with Crippen molar-refractivity contribution in [3.63, 3.8) is 0 Å². The molecule has 2 aromatic rings. The summed E-state index contributed by atoms with van der Waals surface area (Å²) < 4.78 is 10.7. The lowest BCUT2D eigenvalue weighted by Gasteiger charge is -2.09. The Balaban J connectivity index is 2.23. The predicted molar refractivity (Wildman–Crippen MR) is 65.2 cm³/mol. The van der Waals surface area contributed by atoms with E-state index in [9.17, 15) is 0 Å². The highest BCUT2D eigenvalue weighted by molar-refractivity contribution is 7.99. The quantitative estimate of drug-likeness (QED) is 0.841. The third-order valence-electron chi connectivity index (χ3n) is 2.03. The number of ether oxygens (including phenoxy) is 1. The number of aromatic nitrogens is 2. The molecule has 0 aliphatic rings. The van der Waals surface area contributed by atoms with Crippen LogP contribution in [0.1, 0.15) is 12.8 Å². The molecule has 1 aromatic carbocycles. The summed E-state index contributed by atoms with van der Waals surface area (Å²) in [5.74, 6) is 1.21. The van der Waals surface area contributed by atoms with Crippen LogP contribution in [0.15, 0.2) is 32.7 Å². The number of hydrogen-bond donors (Lipinski definition) is 1. The van der Waals surface area contributed by atoms with Crippen LogP contribution in [-0.4, -0.2) is 16.8 Å². The van der Waals surface area contributed by atoms with Crippen LogP contribution in [0.4, 0.5) is 5.69 Å². The second-order valence-corrected chi connectivity index (χ2v) is 4.28. The fourth-order valence-electron chi connectivity index (χ4n) is 1.31. The number of anilines is 1. The van der Waals surface area contributed by atoms with Gasteiger partial charge in [0.05, 0.1) is 12.3 Å². The Morgan fingerprint density at radius 3 is 2.88 bits per heavy atom. The van der Waals surface area contributed by atoms with Gasteiger partial charge in [0.15, 0.2) is 0 Å². The second-order valence-electron chi connectivity index (χ2n) is 3.29. The van der Waals surface area contributed by atoms with E-state index in [2.05, 4.69) is 10.2 Å². The largest absolute Gasteiger partial charge is 0.492 e. The Bertz CT molecular complexity index is 513. The number of nitrogen functional groups attached to an aromatic ring is 1. The average molecular weight is 251 g/mol. The van der Waals surface area contributed by atoms with Crippen molar-refractivity contribution in [2.75, 3.05) is 12.3 Å². The van der Waals surface area contributed by atoms with Gasteiger partial charge in [-0.05, 0) is 30.8 Å². The van der Waals surface area contributed by atoms with E-state index in [1.54, 1.807) is 6.92 Å². The van der Waals surface area contributed by atoms with Gasteiger partial charge in [-0.15, -0.1) is 10.2 Å². The zero-order valence-electron chi connectivity index (χ0n) is 9.64. The number of para-hydroxylation sites is 1. The van der Waals surface area contributed by atoms with E-state index >= 15 is 0 Å². The van der Waals surface area contributed by atoms with Crippen molar-refractivity contribution in [1.29, 1.82) is 0 Å². The van der Waals surface area contributed by atoms with Crippen molar-refractivity contribution >= 4 is 17.4 Å². The van der Waals surface area contributed by atoms with Gasteiger partial charge in [0.25, 0.3) is 5.22 Å². The van der Waals surface area contributed by atoms with Gasteiger partial charge in [0.2, 0.25) is 5.89 Å². The van der Waals surface area contributed by atoms with Gasteiger partial charge in [0, 0.05) is 11.8 Å². The van der Waals surface area contributed by atoms with Crippen LogP contribution >= 0.6 is 11.8 Å². The zero-order valence-corrected chi connectivity index (χ0v) is 10.5. The number of nitrogens with zero attached hydrogens (tertiary/aromatic N) is 2. The van der Waals surface area contributed by atoms with E-state index < -0.39 is 0 Å². The molecule has 0 bridgehead atoms. The highest BCUT2D eigenvalue weighted by atomic mass is 32.2. The summed E-state index contributed by atoms with van der Waals surface area (Å²) in [4.78, 5) is 0.847. The molecule has 0 atom stereocenters. The van der Waals surface area contributed by atoms with E-state index in [0.717, 1.165) is 4.90 Å². The first-order valence-electron chi connectivity index (χ1n) is 5.20. The molecule has 0 unspecified atom stereocenters. The number of benzene rings is 1. The lowest BCUT2D eigenvalue weighted by atomic mass is 10.3. The second kappa shape index (κ2) is 5.09. The molecule has 6 heteroatoms. The van der Waals surface area contributed by atoms with Crippen LogP contribution < -0.4 is 10.5 Å². The SMILES string of the molecule is CCOc1cccc(Sc2nnc(C)o2)c1N. The highest BCUT2D eigenvalue weighted by Gasteiger charge is 2.10. The smallest absolute Gasteiger partial charge is 0.281 e. The molecule has 5 nitrogen and oxygen atoms in total. The van der Waals surface area contributed by atoms with Crippen molar-refractivity contribution in [2.45, 2.75) is 24.0 Å². The van der Waals surface area contributed by atoms with Gasteiger partial charge in [-0.25, -0.2) is 0 Å².